The van der Waals surface area contributed by atoms with Gasteiger partial charge in [0, 0.05) is 16.7 Å². The molecule has 0 saturated carbocycles. The van der Waals surface area contributed by atoms with Gasteiger partial charge in [0.1, 0.15) is 23.0 Å². The second-order valence-corrected chi connectivity index (χ2v) is 9.28. The van der Waals surface area contributed by atoms with Crippen molar-refractivity contribution in [2.24, 2.45) is 0 Å². The molecule has 0 unspecified atom stereocenters. The first-order valence-electron chi connectivity index (χ1n) is 10.4. The van der Waals surface area contributed by atoms with E-state index in [1.165, 1.54) is 6.07 Å². The Morgan fingerprint density at radius 3 is 2.58 bits per heavy atom. The molecule has 33 heavy (non-hydrogen) atoms. The van der Waals surface area contributed by atoms with E-state index in [0.29, 0.717) is 27.3 Å². The molecule has 0 spiro atoms. The maximum Gasteiger partial charge on any atom is 0.145 e. The third kappa shape index (κ3) is 3.88. The highest BCUT2D eigenvalue weighted by Gasteiger charge is 2.36. The molecule has 164 valence electrons. The van der Waals surface area contributed by atoms with Crippen LogP contribution in [-0.4, -0.2) is 9.97 Å². The second-order valence-electron chi connectivity index (χ2n) is 8.46. The number of hydrogen-bond donors (Lipinski definition) is 1. The zero-order valence-electron chi connectivity index (χ0n) is 18.2. The largest absolute Gasteiger partial charge is 0.481 e. The summed E-state index contributed by atoms with van der Waals surface area (Å²) in [4.78, 5) is 7.94. The third-order valence-electron chi connectivity index (χ3n) is 5.57. The van der Waals surface area contributed by atoms with Crippen LogP contribution in [0, 0.1) is 24.6 Å². The summed E-state index contributed by atoms with van der Waals surface area (Å²) in [5.41, 5.74) is 4.44. The minimum Gasteiger partial charge on any atom is -0.481 e. The lowest BCUT2D eigenvalue weighted by atomic mass is 9.94. The van der Waals surface area contributed by atoms with Crippen LogP contribution in [0.1, 0.15) is 36.2 Å². The summed E-state index contributed by atoms with van der Waals surface area (Å²) in [6.07, 6.45) is 0. The molecule has 4 aromatic rings. The fraction of sp³-hybridized carbons (Fsp3) is 0.148. The number of halogens is 3. The monoisotopic (exact) mass is 476 g/mol. The standard InChI is InChI=1S/C27H19Cl2FN2O/c1-15-7-10-17(20(29)13-15)11-8-16-9-12-18-22(14-16)33-27(2,3)25-24(18)31-26(32-25)23-19(28)5-4-6-21(23)30/h4-7,9-10,12-14H,1-3H3,(H,31,32). The fourth-order valence-corrected chi connectivity index (χ4v) is 4.45. The van der Waals surface area contributed by atoms with Crippen molar-refractivity contribution in [2.45, 2.75) is 26.4 Å². The summed E-state index contributed by atoms with van der Waals surface area (Å²) in [5, 5.41) is 0.916. The van der Waals surface area contributed by atoms with Crippen molar-refractivity contribution in [3.63, 3.8) is 0 Å². The fourth-order valence-electron chi connectivity index (χ4n) is 3.91. The van der Waals surface area contributed by atoms with Gasteiger partial charge >= 0.3 is 0 Å². The van der Waals surface area contributed by atoms with Crippen LogP contribution in [0.4, 0.5) is 4.39 Å². The number of hydrogen-bond acceptors (Lipinski definition) is 2. The first-order valence-corrected chi connectivity index (χ1v) is 11.1. The van der Waals surface area contributed by atoms with Crippen LogP contribution in [-0.2, 0) is 5.60 Å². The van der Waals surface area contributed by atoms with E-state index in [2.05, 4.69) is 16.8 Å². The van der Waals surface area contributed by atoms with E-state index in [9.17, 15) is 4.39 Å². The van der Waals surface area contributed by atoms with Crippen molar-refractivity contribution < 1.29 is 9.13 Å². The number of ether oxygens (including phenoxy) is 1. The van der Waals surface area contributed by atoms with Crippen molar-refractivity contribution in [2.75, 3.05) is 0 Å². The van der Waals surface area contributed by atoms with E-state index in [1.807, 2.05) is 57.2 Å². The molecular weight excluding hydrogens is 458 g/mol. The Bertz CT molecular complexity index is 1460. The highest BCUT2D eigenvalue weighted by Crippen LogP contribution is 2.45. The molecule has 6 heteroatoms. The molecule has 0 atom stereocenters. The van der Waals surface area contributed by atoms with Gasteiger partial charge in [0.15, 0.2) is 0 Å². The maximum absolute atomic E-state index is 14.5. The molecule has 2 heterocycles. The average Bonchev–Trinajstić information content (AvgIpc) is 3.19. The molecule has 0 fully saturated rings. The quantitative estimate of drug-likeness (QED) is 0.288. The van der Waals surface area contributed by atoms with Gasteiger partial charge in [0.05, 0.1) is 27.0 Å². The molecular formula is C27H19Cl2FN2O. The summed E-state index contributed by atoms with van der Waals surface area (Å²) in [6, 6.07) is 16.1. The van der Waals surface area contributed by atoms with Gasteiger partial charge in [-0.05, 0) is 68.8 Å². The lowest BCUT2D eigenvalue weighted by Crippen LogP contribution is -2.29. The predicted molar refractivity (Wildman–Crippen MR) is 130 cm³/mol. The van der Waals surface area contributed by atoms with Crippen molar-refractivity contribution in [1.29, 1.82) is 0 Å². The number of nitrogens with one attached hydrogen (secondary N) is 1. The average molecular weight is 477 g/mol. The van der Waals surface area contributed by atoms with Gasteiger partial charge in [-0.1, -0.05) is 47.2 Å². The molecule has 3 nitrogen and oxygen atoms in total. The summed E-state index contributed by atoms with van der Waals surface area (Å²) >= 11 is 12.6. The Morgan fingerprint density at radius 1 is 1.00 bits per heavy atom. The van der Waals surface area contributed by atoms with Crippen molar-refractivity contribution in [3.8, 4) is 40.2 Å². The Morgan fingerprint density at radius 2 is 1.82 bits per heavy atom. The minimum absolute atomic E-state index is 0.239. The van der Waals surface area contributed by atoms with Crippen LogP contribution in [0.2, 0.25) is 10.0 Å². The number of aromatic nitrogens is 2. The van der Waals surface area contributed by atoms with E-state index >= 15 is 0 Å². The molecule has 1 aromatic heterocycles. The van der Waals surface area contributed by atoms with Crippen molar-refractivity contribution in [3.05, 3.63) is 92.8 Å². The number of benzene rings is 3. The predicted octanol–water partition coefficient (Wildman–Crippen LogP) is 7.53. The molecule has 1 N–H and O–H groups in total. The smallest absolute Gasteiger partial charge is 0.145 e. The number of nitrogens with zero attached hydrogens (tertiary/aromatic N) is 1. The first kappa shape index (κ1) is 21.6. The lowest BCUT2D eigenvalue weighted by Gasteiger charge is -2.31. The zero-order valence-corrected chi connectivity index (χ0v) is 19.7. The first-order chi connectivity index (χ1) is 15.7. The summed E-state index contributed by atoms with van der Waals surface area (Å²) < 4.78 is 20.8. The second kappa shape index (κ2) is 7.95. The number of rotatable bonds is 1. The number of H-pyrrole nitrogens is 1. The summed E-state index contributed by atoms with van der Waals surface area (Å²) in [7, 11) is 0. The van der Waals surface area contributed by atoms with E-state index < -0.39 is 11.4 Å². The molecule has 0 saturated heterocycles. The molecule has 1 aliphatic heterocycles. The molecule has 0 aliphatic carbocycles. The van der Waals surface area contributed by atoms with Crippen LogP contribution in [0.3, 0.4) is 0 Å². The van der Waals surface area contributed by atoms with Gasteiger partial charge in [-0.15, -0.1) is 0 Å². The van der Waals surface area contributed by atoms with E-state index in [4.69, 9.17) is 32.9 Å². The maximum atomic E-state index is 14.5. The highest BCUT2D eigenvalue weighted by molar-refractivity contribution is 6.33. The molecule has 3 aromatic carbocycles. The van der Waals surface area contributed by atoms with Crippen molar-refractivity contribution >= 4 is 23.2 Å². The topological polar surface area (TPSA) is 37.9 Å². The molecule has 1 aliphatic rings. The summed E-state index contributed by atoms with van der Waals surface area (Å²) in [6.45, 7) is 5.86. The molecule has 5 rings (SSSR count). The van der Waals surface area contributed by atoms with Crippen LogP contribution in [0.15, 0.2) is 54.6 Å². The Labute approximate surface area is 201 Å². The van der Waals surface area contributed by atoms with E-state index in [-0.39, 0.29) is 5.56 Å². The molecule has 0 radical (unpaired) electrons. The van der Waals surface area contributed by atoms with Crippen LogP contribution < -0.4 is 4.74 Å². The van der Waals surface area contributed by atoms with Crippen molar-refractivity contribution in [1.82, 2.24) is 9.97 Å². The molecule has 0 bridgehead atoms. The number of aromatic amines is 1. The van der Waals surface area contributed by atoms with Gasteiger partial charge in [0.2, 0.25) is 0 Å². The van der Waals surface area contributed by atoms with Crippen LogP contribution in [0.25, 0.3) is 22.6 Å². The normalized spacial score (nSPS) is 13.4. The van der Waals surface area contributed by atoms with Crippen LogP contribution in [0.5, 0.6) is 5.75 Å². The number of imidazole rings is 1. The van der Waals surface area contributed by atoms with E-state index in [0.717, 1.165) is 27.9 Å². The lowest BCUT2D eigenvalue weighted by molar-refractivity contribution is 0.101. The van der Waals surface area contributed by atoms with E-state index in [1.54, 1.807) is 12.1 Å². The zero-order chi connectivity index (χ0) is 23.3. The Kier molecular flexibility index (Phi) is 5.20. The molecule has 0 amide bonds. The SMILES string of the molecule is Cc1ccc(C#Cc2ccc3c(c2)OC(C)(C)c2[nH]c(-c4c(F)cccc4Cl)nc2-3)c(Cl)c1. The van der Waals surface area contributed by atoms with Gasteiger partial charge in [-0.2, -0.15) is 0 Å². The Hall–Kier alpha value is -3.26. The van der Waals surface area contributed by atoms with Gasteiger partial charge in [0.25, 0.3) is 0 Å². The Balaban J connectivity index is 1.58. The highest BCUT2D eigenvalue weighted by atomic mass is 35.5. The minimum atomic E-state index is -0.711. The van der Waals surface area contributed by atoms with Gasteiger partial charge in [-0.25, -0.2) is 9.37 Å². The van der Waals surface area contributed by atoms with Crippen LogP contribution >= 0.6 is 23.2 Å². The number of aryl methyl sites for hydroxylation is 1. The van der Waals surface area contributed by atoms with Gasteiger partial charge < -0.3 is 9.72 Å². The number of fused-ring (bicyclic) bond motifs is 3. The third-order valence-corrected chi connectivity index (χ3v) is 6.20. The van der Waals surface area contributed by atoms with Gasteiger partial charge in [-0.3, -0.25) is 0 Å². The summed E-state index contributed by atoms with van der Waals surface area (Å²) in [5.74, 6) is 6.87.